The van der Waals surface area contributed by atoms with Gasteiger partial charge in [0.25, 0.3) is 0 Å². The number of hydrogen-bond acceptors (Lipinski definition) is 1. The summed E-state index contributed by atoms with van der Waals surface area (Å²) >= 11 is 0. The second-order valence-corrected chi connectivity index (χ2v) is 3.52. The minimum absolute atomic E-state index is 0.0343. The highest BCUT2D eigenvalue weighted by atomic mass is 19.2. The molecule has 17 heavy (non-hydrogen) atoms. The molecule has 0 aromatic heterocycles. The molecular formula is C13H10F3N. The molecule has 0 saturated carbocycles. The van der Waals surface area contributed by atoms with Gasteiger partial charge in [-0.05, 0) is 5.56 Å². The molecule has 0 aliphatic heterocycles. The fraction of sp³-hybridized carbons (Fsp3) is 0.0769. The highest BCUT2D eigenvalue weighted by Gasteiger charge is 2.19. The van der Waals surface area contributed by atoms with Gasteiger partial charge in [-0.25, -0.2) is 13.2 Å². The normalized spacial score (nSPS) is 10.4. The van der Waals surface area contributed by atoms with E-state index in [1.54, 1.807) is 30.3 Å². The Morgan fingerprint density at radius 1 is 0.941 bits per heavy atom. The lowest BCUT2D eigenvalue weighted by Crippen LogP contribution is -2.00. The van der Waals surface area contributed by atoms with Crippen LogP contribution >= 0.6 is 0 Å². The van der Waals surface area contributed by atoms with Crippen LogP contribution in [0.25, 0.3) is 11.1 Å². The molecule has 0 aliphatic carbocycles. The standard InChI is InChI=1S/C13H10F3N/c1-17-10-7-9(14)12(15)13(16)11(10)8-5-3-2-4-6-8/h2-7,17H,1H3. The van der Waals surface area contributed by atoms with Crippen LogP contribution in [0.5, 0.6) is 0 Å². The Hall–Kier alpha value is -1.97. The minimum Gasteiger partial charge on any atom is -0.387 e. The van der Waals surface area contributed by atoms with E-state index in [9.17, 15) is 13.2 Å². The minimum atomic E-state index is -1.46. The second-order valence-electron chi connectivity index (χ2n) is 3.52. The lowest BCUT2D eigenvalue weighted by molar-refractivity contribution is 0.449. The molecule has 0 aliphatic rings. The lowest BCUT2D eigenvalue weighted by atomic mass is 10.0. The van der Waals surface area contributed by atoms with Gasteiger partial charge in [0.1, 0.15) is 0 Å². The predicted octanol–water partition coefficient (Wildman–Crippen LogP) is 3.81. The van der Waals surface area contributed by atoms with Crippen molar-refractivity contribution in [2.24, 2.45) is 0 Å². The first-order chi connectivity index (χ1) is 8.15. The van der Waals surface area contributed by atoms with Crippen LogP contribution in [0.15, 0.2) is 36.4 Å². The van der Waals surface area contributed by atoms with Crippen LogP contribution in [-0.2, 0) is 0 Å². The van der Waals surface area contributed by atoms with Crippen LogP contribution < -0.4 is 5.32 Å². The molecule has 2 rings (SSSR count). The Kier molecular flexibility index (Phi) is 3.04. The van der Waals surface area contributed by atoms with Crippen molar-refractivity contribution >= 4 is 5.69 Å². The van der Waals surface area contributed by atoms with Crippen molar-refractivity contribution in [3.63, 3.8) is 0 Å². The molecule has 0 unspecified atom stereocenters. The summed E-state index contributed by atoms with van der Waals surface area (Å²) in [7, 11) is 1.53. The number of benzene rings is 2. The summed E-state index contributed by atoms with van der Waals surface area (Å²) in [4.78, 5) is 0. The molecule has 4 heteroatoms. The number of hydrogen-bond donors (Lipinski definition) is 1. The summed E-state index contributed by atoms with van der Waals surface area (Å²) in [5, 5.41) is 2.66. The van der Waals surface area contributed by atoms with Crippen molar-refractivity contribution in [2.45, 2.75) is 0 Å². The average molecular weight is 237 g/mol. The maximum Gasteiger partial charge on any atom is 0.195 e. The highest BCUT2D eigenvalue weighted by Crippen LogP contribution is 2.33. The number of halogens is 3. The molecule has 0 atom stereocenters. The molecular weight excluding hydrogens is 227 g/mol. The van der Waals surface area contributed by atoms with E-state index in [0.717, 1.165) is 6.07 Å². The van der Waals surface area contributed by atoms with Gasteiger partial charge in [0.15, 0.2) is 17.5 Å². The summed E-state index contributed by atoms with van der Waals surface area (Å²) in [6.07, 6.45) is 0. The molecule has 0 spiro atoms. The molecule has 88 valence electrons. The lowest BCUT2D eigenvalue weighted by Gasteiger charge is -2.11. The van der Waals surface area contributed by atoms with E-state index in [-0.39, 0.29) is 11.3 Å². The summed E-state index contributed by atoms with van der Waals surface area (Å²) < 4.78 is 40.0. The maximum absolute atomic E-state index is 13.7. The Morgan fingerprint density at radius 3 is 2.18 bits per heavy atom. The Bertz CT molecular complexity index is 538. The first kappa shape index (κ1) is 11.5. The van der Waals surface area contributed by atoms with Gasteiger partial charge in [0, 0.05) is 24.4 Å². The zero-order valence-corrected chi connectivity index (χ0v) is 9.10. The van der Waals surface area contributed by atoms with Gasteiger partial charge in [0.2, 0.25) is 0 Å². The molecule has 1 N–H and O–H groups in total. The quantitative estimate of drug-likeness (QED) is 0.783. The third-order valence-electron chi connectivity index (χ3n) is 2.49. The van der Waals surface area contributed by atoms with Gasteiger partial charge < -0.3 is 5.32 Å². The van der Waals surface area contributed by atoms with Gasteiger partial charge in [-0.3, -0.25) is 0 Å². The number of rotatable bonds is 2. The largest absolute Gasteiger partial charge is 0.387 e. The van der Waals surface area contributed by atoms with E-state index < -0.39 is 17.5 Å². The van der Waals surface area contributed by atoms with Crippen LogP contribution in [0.4, 0.5) is 18.9 Å². The summed E-state index contributed by atoms with van der Waals surface area (Å²) in [5.74, 6) is -3.84. The third kappa shape index (κ3) is 1.98. The van der Waals surface area contributed by atoms with Gasteiger partial charge in [0.05, 0.1) is 0 Å². The van der Waals surface area contributed by atoms with E-state index in [2.05, 4.69) is 5.32 Å². The molecule has 0 radical (unpaired) electrons. The van der Waals surface area contributed by atoms with Crippen molar-refractivity contribution in [2.75, 3.05) is 12.4 Å². The molecule has 2 aromatic carbocycles. The van der Waals surface area contributed by atoms with Gasteiger partial charge in [-0.15, -0.1) is 0 Å². The molecule has 0 fully saturated rings. The van der Waals surface area contributed by atoms with Gasteiger partial charge >= 0.3 is 0 Å². The van der Waals surface area contributed by atoms with E-state index in [0.29, 0.717) is 5.56 Å². The van der Waals surface area contributed by atoms with Gasteiger partial charge in [-0.1, -0.05) is 30.3 Å². The van der Waals surface area contributed by atoms with Crippen LogP contribution in [-0.4, -0.2) is 7.05 Å². The van der Waals surface area contributed by atoms with E-state index in [1.807, 2.05) is 0 Å². The number of nitrogens with one attached hydrogen (secondary N) is 1. The molecule has 2 aromatic rings. The third-order valence-corrected chi connectivity index (χ3v) is 2.49. The van der Waals surface area contributed by atoms with Crippen molar-refractivity contribution in [3.05, 3.63) is 53.8 Å². The summed E-state index contributed by atoms with van der Waals surface area (Å²) in [5.41, 5.74) is 0.743. The summed E-state index contributed by atoms with van der Waals surface area (Å²) in [6, 6.07) is 9.39. The highest BCUT2D eigenvalue weighted by molar-refractivity contribution is 5.78. The first-order valence-corrected chi connectivity index (χ1v) is 5.05. The second kappa shape index (κ2) is 4.49. The van der Waals surface area contributed by atoms with Gasteiger partial charge in [-0.2, -0.15) is 0 Å². The van der Waals surface area contributed by atoms with Crippen LogP contribution in [0.2, 0.25) is 0 Å². The van der Waals surface area contributed by atoms with Crippen molar-refractivity contribution in [3.8, 4) is 11.1 Å². The molecule has 0 saturated heterocycles. The fourth-order valence-corrected chi connectivity index (χ4v) is 1.68. The topological polar surface area (TPSA) is 12.0 Å². The Labute approximate surface area is 96.9 Å². The monoisotopic (exact) mass is 237 g/mol. The van der Waals surface area contributed by atoms with Crippen LogP contribution in [0.1, 0.15) is 0 Å². The molecule has 1 nitrogen and oxygen atoms in total. The average Bonchev–Trinajstić information content (AvgIpc) is 2.36. The van der Waals surface area contributed by atoms with Crippen molar-refractivity contribution in [1.29, 1.82) is 0 Å². The predicted molar refractivity (Wildman–Crippen MR) is 61.3 cm³/mol. The van der Waals surface area contributed by atoms with Crippen LogP contribution in [0.3, 0.4) is 0 Å². The van der Waals surface area contributed by atoms with E-state index >= 15 is 0 Å². The smallest absolute Gasteiger partial charge is 0.195 e. The Morgan fingerprint density at radius 2 is 1.59 bits per heavy atom. The SMILES string of the molecule is CNc1cc(F)c(F)c(F)c1-c1ccccc1. The van der Waals surface area contributed by atoms with Crippen molar-refractivity contribution in [1.82, 2.24) is 0 Å². The Balaban J connectivity index is 2.72. The zero-order chi connectivity index (χ0) is 12.4. The zero-order valence-electron chi connectivity index (χ0n) is 9.10. The molecule has 0 heterocycles. The van der Waals surface area contributed by atoms with Crippen LogP contribution in [0, 0.1) is 17.5 Å². The molecule has 0 amide bonds. The molecule has 0 bridgehead atoms. The first-order valence-electron chi connectivity index (χ1n) is 5.05. The van der Waals surface area contributed by atoms with E-state index in [1.165, 1.54) is 7.05 Å². The number of anilines is 1. The maximum atomic E-state index is 13.7. The van der Waals surface area contributed by atoms with Crippen molar-refractivity contribution < 1.29 is 13.2 Å². The fourth-order valence-electron chi connectivity index (χ4n) is 1.68. The summed E-state index contributed by atoms with van der Waals surface area (Å²) in [6.45, 7) is 0. The van der Waals surface area contributed by atoms with E-state index in [4.69, 9.17) is 0 Å².